The van der Waals surface area contributed by atoms with E-state index in [0.29, 0.717) is 5.75 Å². The molecule has 23 heavy (non-hydrogen) atoms. The number of benzene rings is 1. The molecule has 0 saturated heterocycles. The van der Waals surface area contributed by atoms with Crippen LogP contribution in [0.5, 0.6) is 5.75 Å². The predicted octanol–water partition coefficient (Wildman–Crippen LogP) is 1.16. The van der Waals surface area contributed by atoms with Gasteiger partial charge >= 0.3 is 5.97 Å². The molecule has 0 aliphatic carbocycles. The minimum absolute atomic E-state index is 0.203. The van der Waals surface area contributed by atoms with Crippen LogP contribution in [0.2, 0.25) is 0 Å². The Morgan fingerprint density at radius 2 is 2.04 bits per heavy atom. The molecule has 0 radical (unpaired) electrons. The third kappa shape index (κ3) is 6.66. The van der Waals surface area contributed by atoms with Crippen LogP contribution in [0.4, 0.5) is 0 Å². The quantitative estimate of drug-likeness (QED) is 0.695. The zero-order valence-corrected chi connectivity index (χ0v) is 13.7. The lowest BCUT2D eigenvalue weighted by molar-refractivity contribution is -0.151. The van der Waals surface area contributed by atoms with Crippen LogP contribution in [0.3, 0.4) is 0 Å². The van der Waals surface area contributed by atoms with Crippen molar-refractivity contribution < 1.29 is 28.9 Å². The Kier molecular flexibility index (Phi) is 8.07. The Morgan fingerprint density at radius 1 is 1.30 bits per heavy atom. The summed E-state index contributed by atoms with van der Waals surface area (Å²) < 4.78 is 15.6. The fraction of sp³-hybridized carbons (Fsp3) is 0.500. The molecule has 7 heteroatoms. The Morgan fingerprint density at radius 3 is 2.65 bits per heavy atom. The molecule has 0 aromatic heterocycles. The van der Waals surface area contributed by atoms with E-state index in [2.05, 4.69) is 0 Å². The van der Waals surface area contributed by atoms with E-state index in [0.717, 1.165) is 5.56 Å². The minimum atomic E-state index is -1.07. The average Bonchev–Trinajstić information content (AvgIpc) is 2.55. The van der Waals surface area contributed by atoms with Crippen LogP contribution in [0.15, 0.2) is 24.3 Å². The maximum atomic E-state index is 12.3. The summed E-state index contributed by atoms with van der Waals surface area (Å²) in [6.45, 7) is 1.92. The Labute approximate surface area is 135 Å². The van der Waals surface area contributed by atoms with Crippen LogP contribution in [0.25, 0.3) is 0 Å². The Balaban J connectivity index is 2.60. The molecule has 1 amide bonds. The molecule has 128 valence electrons. The standard InChI is InChI=1S/C16H23NO6/c1-12(16(20)17(7-8-21-2)10-15(18)19)23-11-13-5-4-6-14(9-13)22-3/h4-6,9,12H,7-8,10-11H2,1-3H3,(H,18,19)/t12-/m1/s1. The van der Waals surface area contributed by atoms with Gasteiger partial charge in [0.25, 0.3) is 5.91 Å². The maximum Gasteiger partial charge on any atom is 0.323 e. The monoisotopic (exact) mass is 325 g/mol. The summed E-state index contributed by atoms with van der Waals surface area (Å²) in [6, 6.07) is 7.33. The zero-order valence-electron chi connectivity index (χ0n) is 13.7. The largest absolute Gasteiger partial charge is 0.497 e. The van der Waals surface area contributed by atoms with Gasteiger partial charge in [0.1, 0.15) is 18.4 Å². The second-order valence-electron chi connectivity index (χ2n) is 4.95. The van der Waals surface area contributed by atoms with Crippen LogP contribution in [-0.4, -0.2) is 61.9 Å². The molecule has 0 bridgehead atoms. The first-order valence-corrected chi connectivity index (χ1v) is 7.22. The second-order valence-corrected chi connectivity index (χ2v) is 4.95. The highest BCUT2D eigenvalue weighted by Gasteiger charge is 2.23. The van der Waals surface area contributed by atoms with Crippen molar-refractivity contribution in [1.29, 1.82) is 0 Å². The van der Waals surface area contributed by atoms with Gasteiger partial charge in [-0.25, -0.2) is 0 Å². The molecule has 0 aliphatic heterocycles. The summed E-state index contributed by atoms with van der Waals surface area (Å²) in [5, 5.41) is 8.89. The summed E-state index contributed by atoms with van der Waals surface area (Å²) in [4.78, 5) is 24.4. The lowest BCUT2D eigenvalue weighted by Crippen LogP contribution is -2.43. The van der Waals surface area contributed by atoms with E-state index >= 15 is 0 Å². The van der Waals surface area contributed by atoms with E-state index in [1.165, 1.54) is 12.0 Å². The van der Waals surface area contributed by atoms with Crippen molar-refractivity contribution in [3.63, 3.8) is 0 Å². The van der Waals surface area contributed by atoms with Crippen molar-refractivity contribution in [2.45, 2.75) is 19.6 Å². The molecule has 0 spiro atoms. The number of methoxy groups -OCH3 is 2. The lowest BCUT2D eigenvalue weighted by atomic mass is 10.2. The van der Waals surface area contributed by atoms with Gasteiger partial charge < -0.3 is 24.2 Å². The minimum Gasteiger partial charge on any atom is -0.497 e. The SMILES string of the molecule is COCCN(CC(=O)O)C(=O)[C@@H](C)OCc1cccc(OC)c1. The lowest BCUT2D eigenvalue weighted by Gasteiger charge is -2.24. The molecule has 0 saturated carbocycles. The van der Waals surface area contributed by atoms with Crippen molar-refractivity contribution in [3.05, 3.63) is 29.8 Å². The van der Waals surface area contributed by atoms with Crippen LogP contribution in [-0.2, 0) is 25.7 Å². The highest BCUT2D eigenvalue weighted by Crippen LogP contribution is 2.14. The number of hydrogen-bond acceptors (Lipinski definition) is 5. The number of nitrogens with zero attached hydrogens (tertiary/aromatic N) is 1. The molecule has 7 nitrogen and oxygen atoms in total. The van der Waals surface area contributed by atoms with Gasteiger partial charge in [-0.2, -0.15) is 0 Å². The number of carboxylic acids is 1. The third-order valence-electron chi connectivity index (χ3n) is 3.19. The van der Waals surface area contributed by atoms with Gasteiger partial charge in [0, 0.05) is 13.7 Å². The van der Waals surface area contributed by atoms with E-state index in [4.69, 9.17) is 19.3 Å². The third-order valence-corrected chi connectivity index (χ3v) is 3.19. The molecule has 1 rings (SSSR count). The van der Waals surface area contributed by atoms with Gasteiger partial charge in [0.15, 0.2) is 0 Å². The maximum absolute atomic E-state index is 12.3. The normalized spacial score (nSPS) is 11.8. The topological polar surface area (TPSA) is 85.3 Å². The molecule has 1 aromatic carbocycles. The van der Waals surface area contributed by atoms with Crippen LogP contribution >= 0.6 is 0 Å². The number of ether oxygens (including phenoxy) is 3. The number of carbonyl (C=O) groups excluding carboxylic acids is 1. The number of aliphatic carboxylic acids is 1. The smallest absolute Gasteiger partial charge is 0.323 e. The van der Waals surface area contributed by atoms with Gasteiger partial charge in [0.05, 0.1) is 20.3 Å². The predicted molar refractivity (Wildman–Crippen MR) is 83.3 cm³/mol. The Hall–Kier alpha value is -2.12. The van der Waals surface area contributed by atoms with Crippen LogP contribution < -0.4 is 4.74 Å². The summed E-state index contributed by atoms with van der Waals surface area (Å²) in [5.74, 6) is -0.750. The highest BCUT2D eigenvalue weighted by atomic mass is 16.5. The number of hydrogen-bond donors (Lipinski definition) is 1. The second kappa shape index (κ2) is 9.81. The molecule has 1 aromatic rings. The number of amides is 1. The van der Waals surface area contributed by atoms with Crippen LogP contribution in [0, 0.1) is 0 Å². The van der Waals surface area contributed by atoms with Gasteiger partial charge in [-0.1, -0.05) is 12.1 Å². The molecule has 0 fully saturated rings. The number of rotatable bonds is 10. The molecule has 1 atom stereocenters. The van der Waals surface area contributed by atoms with E-state index in [1.54, 1.807) is 14.0 Å². The van der Waals surface area contributed by atoms with E-state index in [9.17, 15) is 9.59 Å². The van der Waals surface area contributed by atoms with Crippen LogP contribution in [0.1, 0.15) is 12.5 Å². The molecule has 1 N–H and O–H groups in total. The van der Waals surface area contributed by atoms with Gasteiger partial charge in [0.2, 0.25) is 0 Å². The van der Waals surface area contributed by atoms with E-state index in [-0.39, 0.29) is 32.2 Å². The summed E-state index contributed by atoms with van der Waals surface area (Å²) in [5.41, 5.74) is 0.866. The first kappa shape index (κ1) is 18.9. The molecule has 0 heterocycles. The fourth-order valence-electron chi connectivity index (χ4n) is 1.94. The summed E-state index contributed by atoms with van der Waals surface area (Å²) in [6.07, 6.45) is -0.752. The summed E-state index contributed by atoms with van der Waals surface area (Å²) >= 11 is 0. The molecular weight excluding hydrogens is 302 g/mol. The molecular formula is C16H23NO6. The van der Waals surface area contributed by atoms with Crippen molar-refractivity contribution in [2.75, 3.05) is 33.9 Å². The van der Waals surface area contributed by atoms with Crippen molar-refractivity contribution in [1.82, 2.24) is 4.90 Å². The molecule has 0 aliphatic rings. The first-order valence-electron chi connectivity index (χ1n) is 7.22. The van der Waals surface area contributed by atoms with E-state index in [1.807, 2.05) is 24.3 Å². The average molecular weight is 325 g/mol. The molecule has 0 unspecified atom stereocenters. The first-order chi connectivity index (χ1) is 11.0. The van der Waals surface area contributed by atoms with Crippen molar-refractivity contribution >= 4 is 11.9 Å². The number of carboxylic acid groups (broad SMARTS) is 1. The van der Waals surface area contributed by atoms with Crippen molar-refractivity contribution in [3.8, 4) is 5.75 Å². The van der Waals surface area contributed by atoms with E-state index < -0.39 is 12.1 Å². The Bertz CT molecular complexity index is 519. The zero-order chi connectivity index (χ0) is 17.2. The van der Waals surface area contributed by atoms with Gasteiger partial charge in [-0.3, -0.25) is 9.59 Å². The van der Waals surface area contributed by atoms with Gasteiger partial charge in [-0.15, -0.1) is 0 Å². The number of carbonyl (C=O) groups is 2. The highest BCUT2D eigenvalue weighted by molar-refractivity contribution is 5.84. The fourth-order valence-corrected chi connectivity index (χ4v) is 1.94. The van der Waals surface area contributed by atoms with Gasteiger partial charge in [-0.05, 0) is 24.6 Å². The summed E-state index contributed by atoms with van der Waals surface area (Å²) in [7, 11) is 3.07. The van der Waals surface area contributed by atoms with Crippen molar-refractivity contribution in [2.24, 2.45) is 0 Å².